The molecule has 0 radical (unpaired) electrons. The molecule has 19 heavy (non-hydrogen) atoms. The summed E-state index contributed by atoms with van der Waals surface area (Å²) in [4.78, 5) is 16.3. The number of nitrogens with zero attached hydrogens (tertiary/aromatic N) is 1. The fourth-order valence-corrected chi connectivity index (χ4v) is 2.08. The highest BCUT2D eigenvalue weighted by atomic mass is 35.5. The van der Waals surface area contributed by atoms with E-state index >= 15 is 0 Å². The number of carbonyl (C=O) groups excluding carboxylic acids is 1. The highest BCUT2D eigenvalue weighted by molar-refractivity contribution is 6.35. The van der Waals surface area contributed by atoms with Gasteiger partial charge < -0.3 is 10.4 Å². The van der Waals surface area contributed by atoms with Crippen LogP contribution in [-0.4, -0.2) is 28.6 Å². The molecule has 2 rings (SSSR count). The molecule has 0 aliphatic rings. The zero-order valence-electron chi connectivity index (χ0n) is 10.6. The van der Waals surface area contributed by atoms with Gasteiger partial charge in [-0.05, 0) is 25.5 Å². The van der Waals surface area contributed by atoms with Gasteiger partial charge in [0.05, 0.1) is 10.5 Å². The van der Waals surface area contributed by atoms with Crippen LogP contribution in [0.15, 0.2) is 30.3 Å². The van der Waals surface area contributed by atoms with Crippen LogP contribution in [0.3, 0.4) is 0 Å². The minimum absolute atomic E-state index is 0.0351. The average Bonchev–Trinajstić information content (AvgIpc) is 2.39. The summed E-state index contributed by atoms with van der Waals surface area (Å²) < 4.78 is 0. The van der Waals surface area contributed by atoms with Crippen molar-refractivity contribution >= 4 is 28.4 Å². The van der Waals surface area contributed by atoms with E-state index in [2.05, 4.69) is 10.3 Å². The molecule has 0 saturated carbocycles. The summed E-state index contributed by atoms with van der Waals surface area (Å²) in [6.07, 6.45) is 0.507. The van der Waals surface area contributed by atoms with E-state index in [-0.39, 0.29) is 24.2 Å². The van der Waals surface area contributed by atoms with Gasteiger partial charge in [-0.3, -0.25) is 4.79 Å². The van der Waals surface area contributed by atoms with Crippen molar-refractivity contribution in [2.45, 2.75) is 19.4 Å². The number of amides is 1. The lowest BCUT2D eigenvalue weighted by molar-refractivity contribution is 0.0929. The predicted octanol–water partition coefficient (Wildman–Crippen LogP) is 2.39. The number of fused-ring (bicyclic) bond motifs is 1. The van der Waals surface area contributed by atoms with Crippen LogP contribution in [0.5, 0.6) is 0 Å². The van der Waals surface area contributed by atoms with Crippen molar-refractivity contribution in [3.8, 4) is 0 Å². The molecule has 1 heterocycles. The van der Waals surface area contributed by atoms with E-state index in [1.54, 1.807) is 6.07 Å². The zero-order chi connectivity index (χ0) is 13.8. The highest BCUT2D eigenvalue weighted by Gasteiger charge is 2.13. The van der Waals surface area contributed by atoms with Gasteiger partial charge in [0.1, 0.15) is 5.69 Å². The first kappa shape index (κ1) is 13.8. The SMILES string of the molecule is CC(CCO)NC(=O)c1cc(Cl)c2ccccc2n1. The number of aromatic nitrogens is 1. The number of para-hydroxylation sites is 1. The van der Waals surface area contributed by atoms with Gasteiger partial charge in [-0.25, -0.2) is 4.98 Å². The first-order valence-corrected chi connectivity index (χ1v) is 6.46. The largest absolute Gasteiger partial charge is 0.396 e. The number of benzene rings is 1. The van der Waals surface area contributed by atoms with Crippen LogP contribution in [0.2, 0.25) is 5.02 Å². The number of halogens is 1. The Bertz CT molecular complexity index is 601. The Morgan fingerprint density at radius 1 is 1.47 bits per heavy atom. The van der Waals surface area contributed by atoms with Gasteiger partial charge in [0.15, 0.2) is 0 Å². The Balaban J connectivity index is 2.28. The summed E-state index contributed by atoms with van der Waals surface area (Å²) in [6.45, 7) is 1.87. The molecule has 0 bridgehead atoms. The number of aliphatic hydroxyl groups is 1. The van der Waals surface area contributed by atoms with Gasteiger partial charge in [0.2, 0.25) is 0 Å². The van der Waals surface area contributed by atoms with Crippen LogP contribution >= 0.6 is 11.6 Å². The topological polar surface area (TPSA) is 62.2 Å². The van der Waals surface area contributed by atoms with Crippen LogP contribution in [0.25, 0.3) is 10.9 Å². The van der Waals surface area contributed by atoms with Crippen LogP contribution in [0, 0.1) is 0 Å². The molecule has 2 N–H and O–H groups in total. The van der Waals surface area contributed by atoms with Crippen molar-refractivity contribution < 1.29 is 9.90 Å². The maximum Gasteiger partial charge on any atom is 0.270 e. The summed E-state index contributed by atoms with van der Waals surface area (Å²) in [6, 6.07) is 8.85. The maximum atomic E-state index is 12.0. The number of carbonyl (C=O) groups is 1. The third-order valence-corrected chi connectivity index (χ3v) is 3.15. The van der Waals surface area contributed by atoms with Crippen LogP contribution < -0.4 is 5.32 Å². The number of nitrogens with one attached hydrogen (secondary N) is 1. The van der Waals surface area contributed by atoms with E-state index in [9.17, 15) is 4.79 Å². The zero-order valence-corrected chi connectivity index (χ0v) is 11.3. The quantitative estimate of drug-likeness (QED) is 0.903. The Hall–Kier alpha value is -1.65. The average molecular weight is 279 g/mol. The molecular formula is C14H15ClN2O2. The molecule has 0 fully saturated rings. The summed E-state index contributed by atoms with van der Waals surface area (Å²) in [7, 11) is 0. The van der Waals surface area contributed by atoms with E-state index < -0.39 is 0 Å². The molecule has 1 unspecified atom stereocenters. The first-order chi connectivity index (χ1) is 9.11. The van der Waals surface area contributed by atoms with Crippen molar-refractivity contribution in [2.75, 3.05) is 6.61 Å². The van der Waals surface area contributed by atoms with E-state index in [0.717, 1.165) is 5.39 Å². The minimum atomic E-state index is -0.284. The first-order valence-electron chi connectivity index (χ1n) is 6.09. The Morgan fingerprint density at radius 2 is 2.21 bits per heavy atom. The Morgan fingerprint density at radius 3 is 2.95 bits per heavy atom. The number of aliphatic hydroxyl groups excluding tert-OH is 1. The van der Waals surface area contributed by atoms with Crippen LogP contribution in [0.1, 0.15) is 23.8 Å². The lowest BCUT2D eigenvalue weighted by Crippen LogP contribution is -2.33. The Labute approximate surface area is 116 Å². The molecule has 0 aliphatic heterocycles. The summed E-state index contributed by atoms with van der Waals surface area (Å²) in [5.41, 5.74) is 0.975. The van der Waals surface area contributed by atoms with Crippen LogP contribution in [-0.2, 0) is 0 Å². The van der Waals surface area contributed by atoms with E-state index in [1.165, 1.54) is 0 Å². The second kappa shape index (κ2) is 5.99. The number of hydrogen-bond acceptors (Lipinski definition) is 3. The predicted molar refractivity (Wildman–Crippen MR) is 75.4 cm³/mol. The monoisotopic (exact) mass is 278 g/mol. The van der Waals surface area contributed by atoms with Gasteiger partial charge in [-0.15, -0.1) is 0 Å². The normalized spacial score (nSPS) is 12.4. The van der Waals surface area contributed by atoms with E-state index in [1.807, 2.05) is 31.2 Å². The lowest BCUT2D eigenvalue weighted by atomic mass is 10.2. The van der Waals surface area contributed by atoms with Crippen molar-refractivity contribution in [1.82, 2.24) is 10.3 Å². The minimum Gasteiger partial charge on any atom is -0.396 e. The van der Waals surface area contributed by atoms with Gasteiger partial charge >= 0.3 is 0 Å². The fraction of sp³-hybridized carbons (Fsp3) is 0.286. The highest BCUT2D eigenvalue weighted by Crippen LogP contribution is 2.22. The number of pyridine rings is 1. The third kappa shape index (κ3) is 3.22. The van der Waals surface area contributed by atoms with Crippen molar-refractivity contribution in [3.63, 3.8) is 0 Å². The summed E-state index contributed by atoms with van der Waals surface area (Å²) in [5, 5.41) is 12.9. The molecule has 2 aromatic rings. The van der Waals surface area contributed by atoms with Gasteiger partial charge in [-0.2, -0.15) is 0 Å². The molecule has 4 nitrogen and oxygen atoms in total. The van der Waals surface area contributed by atoms with Crippen molar-refractivity contribution in [1.29, 1.82) is 0 Å². The summed E-state index contributed by atoms with van der Waals surface area (Å²) >= 11 is 6.14. The number of rotatable bonds is 4. The molecule has 100 valence electrons. The molecular weight excluding hydrogens is 264 g/mol. The van der Waals surface area contributed by atoms with Gasteiger partial charge in [0.25, 0.3) is 5.91 Å². The third-order valence-electron chi connectivity index (χ3n) is 2.84. The molecule has 1 atom stereocenters. The smallest absolute Gasteiger partial charge is 0.270 e. The molecule has 1 amide bonds. The van der Waals surface area contributed by atoms with Gasteiger partial charge in [-0.1, -0.05) is 29.8 Å². The second-order valence-corrected chi connectivity index (χ2v) is 4.80. The summed E-state index contributed by atoms with van der Waals surface area (Å²) in [5.74, 6) is -0.284. The number of hydrogen-bond donors (Lipinski definition) is 2. The molecule has 0 saturated heterocycles. The molecule has 0 aliphatic carbocycles. The molecule has 1 aromatic carbocycles. The van der Waals surface area contributed by atoms with Crippen LogP contribution in [0.4, 0.5) is 0 Å². The van der Waals surface area contributed by atoms with E-state index in [4.69, 9.17) is 16.7 Å². The fourth-order valence-electron chi connectivity index (χ4n) is 1.81. The standard InChI is InChI=1S/C14H15ClN2O2/c1-9(6-7-18)16-14(19)13-8-11(15)10-4-2-3-5-12(10)17-13/h2-5,8-9,18H,6-7H2,1H3,(H,16,19). The lowest BCUT2D eigenvalue weighted by Gasteiger charge is -2.12. The maximum absolute atomic E-state index is 12.0. The second-order valence-electron chi connectivity index (χ2n) is 4.39. The Kier molecular flexibility index (Phi) is 4.35. The molecule has 0 spiro atoms. The van der Waals surface area contributed by atoms with E-state index in [0.29, 0.717) is 17.0 Å². The van der Waals surface area contributed by atoms with Gasteiger partial charge in [0, 0.05) is 18.0 Å². The van der Waals surface area contributed by atoms with Crippen molar-refractivity contribution in [3.05, 3.63) is 41.0 Å². The molecule has 5 heteroatoms. The molecule has 1 aromatic heterocycles. The van der Waals surface area contributed by atoms with Crippen molar-refractivity contribution in [2.24, 2.45) is 0 Å².